The second kappa shape index (κ2) is 4.13. The Morgan fingerprint density at radius 3 is 2.94 bits per heavy atom. The van der Waals surface area contributed by atoms with Gasteiger partial charge in [-0.25, -0.2) is 0 Å². The van der Waals surface area contributed by atoms with Crippen molar-refractivity contribution in [3.63, 3.8) is 0 Å². The van der Waals surface area contributed by atoms with Gasteiger partial charge in [0, 0.05) is 5.69 Å². The van der Waals surface area contributed by atoms with Crippen LogP contribution in [0.2, 0.25) is 0 Å². The van der Waals surface area contributed by atoms with Gasteiger partial charge in [0.25, 0.3) is 5.56 Å². The molecule has 0 fully saturated rings. The summed E-state index contributed by atoms with van der Waals surface area (Å²) in [5.74, 6) is 1.33. The van der Waals surface area contributed by atoms with E-state index in [-0.39, 0.29) is 11.1 Å². The van der Waals surface area contributed by atoms with E-state index in [0.717, 1.165) is 30.5 Å². The summed E-state index contributed by atoms with van der Waals surface area (Å²) < 4.78 is 0. The summed E-state index contributed by atoms with van der Waals surface area (Å²) in [6.45, 7) is 4.46. The summed E-state index contributed by atoms with van der Waals surface area (Å²) >= 11 is 0. The molecule has 0 aliphatic heterocycles. The molecular weight excluding hydrogens is 200 g/mol. The van der Waals surface area contributed by atoms with Crippen molar-refractivity contribution < 1.29 is 0 Å². The number of aromatic amines is 1. The van der Waals surface area contributed by atoms with Gasteiger partial charge in [-0.2, -0.15) is 5.26 Å². The van der Waals surface area contributed by atoms with Gasteiger partial charge in [0.2, 0.25) is 0 Å². The van der Waals surface area contributed by atoms with Crippen molar-refractivity contribution in [2.45, 2.75) is 33.1 Å². The summed E-state index contributed by atoms with van der Waals surface area (Å²) in [5.41, 5.74) is 2.18. The van der Waals surface area contributed by atoms with Crippen molar-refractivity contribution in [1.29, 1.82) is 5.26 Å². The van der Waals surface area contributed by atoms with Gasteiger partial charge in [-0.1, -0.05) is 13.8 Å². The summed E-state index contributed by atoms with van der Waals surface area (Å²) in [6, 6.07) is 3.71. The average Bonchev–Trinajstić information content (AvgIpc) is 2.27. The van der Waals surface area contributed by atoms with Crippen LogP contribution in [0.4, 0.5) is 0 Å². The maximum atomic E-state index is 11.5. The first-order valence-corrected chi connectivity index (χ1v) is 5.77. The molecule has 16 heavy (non-hydrogen) atoms. The minimum atomic E-state index is -0.246. The van der Waals surface area contributed by atoms with Crippen molar-refractivity contribution in [2.24, 2.45) is 11.8 Å². The fourth-order valence-corrected chi connectivity index (χ4v) is 2.38. The molecule has 0 spiro atoms. The van der Waals surface area contributed by atoms with Gasteiger partial charge >= 0.3 is 0 Å². The molecule has 1 atom stereocenters. The van der Waals surface area contributed by atoms with E-state index in [2.05, 4.69) is 18.8 Å². The number of pyridine rings is 1. The van der Waals surface area contributed by atoms with Crippen LogP contribution in [0, 0.1) is 23.2 Å². The SMILES string of the molecule is CC(C)[C@@H]1CCc2[nH]c(=O)c(C#N)cc2C1. The second-order valence-corrected chi connectivity index (χ2v) is 4.87. The van der Waals surface area contributed by atoms with E-state index in [9.17, 15) is 4.79 Å². The van der Waals surface area contributed by atoms with Crippen LogP contribution in [-0.2, 0) is 12.8 Å². The molecule has 1 aromatic heterocycles. The lowest BCUT2D eigenvalue weighted by molar-refractivity contribution is 0.340. The van der Waals surface area contributed by atoms with Crippen molar-refractivity contribution in [2.75, 3.05) is 0 Å². The molecule has 3 heteroatoms. The summed E-state index contributed by atoms with van der Waals surface area (Å²) in [5, 5.41) is 8.83. The summed E-state index contributed by atoms with van der Waals surface area (Å²) in [4.78, 5) is 14.3. The van der Waals surface area contributed by atoms with Gasteiger partial charge in [-0.05, 0) is 42.7 Å². The van der Waals surface area contributed by atoms with Crippen LogP contribution in [0.5, 0.6) is 0 Å². The predicted molar refractivity (Wildman–Crippen MR) is 62.1 cm³/mol. The van der Waals surface area contributed by atoms with Gasteiger partial charge in [0.15, 0.2) is 0 Å². The highest BCUT2D eigenvalue weighted by atomic mass is 16.1. The Hall–Kier alpha value is -1.56. The Bertz CT molecular complexity index is 494. The zero-order valence-electron chi connectivity index (χ0n) is 9.71. The molecular formula is C13H16N2O. The Morgan fingerprint density at radius 2 is 2.31 bits per heavy atom. The minimum absolute atomic E-state index is 0.239. The van der Waals surface area contributed by atoms with Crippen LogP contribution in [0.25, 0.3) is 0 Å². The molecule has 1 heterocycles. The Labute approximate surface area is 95.1 Å². The molecule has 1 N–H and O–H groups in total. The van der Waals surface area contributed by atoms with Crippen molar-refractivity contribution in [3.05, 3.63) is 33.2 Å². The lowest BCUT2D eigenvalue weighted by atomic mass is 9.80. The molecule has 1 aliphatic rings. The third-order valence-electron chi connectivity index (χ3n) is 3.53. The standard InChI is InChI=1S/C13H16N2O/c1-8(2)9-3-4-12-10(5-9)6-11(7-14)13(16)15-12/h6,8-9H,3-5H2,1-2H3,(H,15,16)/t9-/m1/s1. The number of hydrogen-bond acceptors (Lipinski definition) is 2. The lowest BCUT2D eigenvalue weighted by Crippen LogP contribution is -2.24. The molecule has 0 unspecified atom stereocenters. The number of fused-ring (bicyclic) bond motifs is 1. The molecule has 0 saturated heterocycles. The van der Waals surface area contributed by atoms with Crippen molar-refractivity contribution >= 4 is 0 Å². The highest BCUT2D eigenvalue weighted by Gasteiger charge is 2.22. The molecule has 0 bridgehead atoms. The van der Waals surface area contributed by atoms with E-state index >= 15 is 0 Å². The third kappa shape index (κ3) is 1.88. The van der Waals surface area contributed by atoms with Crippen molar-refractivity contribution in [3.8, 4) is 6.07 Å². The molecule has 84 valence electrons. The van der Waals surface area contributed by atoms with E-state index in [1.165, 1.54) is 0 Å². The highest BCUT2D eigenvalue weighted by molar-refractivity contribution is 5.34. The topological polar surface area (TPSA) is 56.6 Å². The average molecular weight is 216 g/mol. The van der Waals surface area contributed by atoms with Gasteiger partial charge < -0.3 is 4.98 Å². The smallest absolute Gasteiger partial charge is 0.266 e. The number of nitriles is 1. The van der Waals surface area contributed by atoms with Gasteiger partial charge in [0.05, 0.1) is 0 Å². The van der Waals surface area contributed by atoms with Crippen LogP contribution < -0.4 is 5.56 Å². The highest BCUT2D eigenvalue weighted by Crippen LogP contribution is 2.28. The molecule has 0 radical (unpaired) electrons. The van der Waals surface area contributed by atoms with E-state index in [1.54, 1.807) is 6.07 Å². The van der Waals surface area contributed by atoms with Crippen LogP contribution in [0.3, 0.4) is 0 Å². The van der Waals surface area contributed by atoms with E-state index in [1.807, 2.05) is 6.07 Å². The van der Waals surface area contributed by atoms with Crippen LogP contribution in [0.15, 0.2) is 10.9 Å². The zero-order valence-corrected chi connectivity index (χ0v) is 9.71. The molecule has 3 nitrogen and oxygen atoms in total. The lowest BCUT2D eigenvalue weighted by Gasteiger charge is -2.27. The van der Waals surface area contributed by atoms with Gasteiger partial charge in [-0.15, -0.1) is 0 Å². The molecule has 0 amide bonds. The minimum Gasteiger partial charge on any atom is -0.325 e. The number of rotatable bonds is 1. The van der Waals surface area contributed by atoms with Gasteiger partial charge in [0.1, 0.15) is 11.6 Å². The van der Waals surface area contributed by atoms with E-state index < -0.39 is 0 Å². The number of aromatic nitrogens is 1. The Kier molecular flexibility index (Phi) is 2.82. The first-order chi connectivity index (χ1) is 7.61. The molecule has 2 rings (SSSR count). The molecule has 0 saturated carbocycles. The zero-order chi connectivity index (χ0) is 11.7. The quantitative estimate of drug-likeness (QED) is 0.780. The monoisotopic (exact) mass is 216 g/mol. The maximum Gasteiger partial charge on any atom is 0.266 e. The Morgan fingerprint density at radius 1 is 1.56 bits per heavy atom. The van der Waals surface area contributed by atoms with Crippen LogP contribution >= 0.6 is 0 Å². The maximum absolute atomic E-state index is 11.5. The molecule has 0 aromatic carbocycles. The van der Waals surface area contributed by atoms with E-state index in [4.69, 9.17) is 5.26 Å². The number of hydrogen-bond donors (Lipinski definition) is 1. The van der Waals surface area contributed by atoms with E-state index in [0.29, 0.717) is 11.8 Å². The van der Waals surface area contributed by atoms with Crippen molar-refractivity contribution in [1.82, 2.24) is 4.98 Å². The normalized spacial score (nSPS) is 19.2. The van der Waals surface area contributed by atoms with Gasteiger partial charge in [-0.3, -0.25) is 4.79 Å². The number of nitrogens with one attached hydrogen (secondary N) is 1. The molecule has 1 aromatic rings. The number of aryl methyl sites for hydroxylation is 1. The fraction of sp³-hybridized carbons (Fsp3) is 0.538. The third-order valence-corrected chi connectivity index (χ3v) is 3.53. The summed E-state index contributed by atoms with van der Waals surface area (Å²) in [6.07, 6.45) is 3.05. The summed E-state index contributed by atoms with van der Waals surface area (Å²) in [7, 11) is 0. The number of H-pyrrole nitrogens is 1. The predicted octanol–water partition coefficient (Wildman–Crippen LogP) is 2.01. The first-order valence-electron chi connectivity index (χ1n) is 5.77. The van der Waals surface area contributed by atoms with Crippen LogP contribution in [-0.4, -0.2) is 4.98 Å². The number of nitrogens with zero attached hydrogens (tertiary/aromatic N) is 1. The first kappa shape index (κ1) is 10.9. The van der Waals surface area contributed by atoms with Crippen LogP contribution in [0.1, 0.15) is 37.1 Å². The largest absolute Gasteiger partial charge is 0.325 e. The second-order valence-electron chi connectivity index (χ2n) is 4.87. The molecule has 1 aliphatic carbocycles. The Balaban J connectivity index is 2.39. The fourth-order valence-electron chi connectivity index (χ4n) is 2.38.